The Morgan fingerprint density at radius 3 is 2.62 bits per heavy atom. The third kappa shape index (κ3) is 3.71. The van der Waals surface area contributed by atoms with Crippen molar-refractivity contribution in [1.29, 1.82) is 0 Å². The second kappa shape index (κ2) is 7.05. The molecule has 2 heterocycles. The van der Waals surface area contributed by atoms with E-state index in [1.807, 2.05) is 29.0 Å². The van der Waals surface area contributed by atoms with Crippen LogP contribution in [0.3, 0.4) is 0 Å². The Bertz CT molecular complexity index is 1040. The molecule has 3 rings (SSSR count). The predicted molar refractivity (Wildman–Crippen MR) is 96.6 cm³/mol. The Balaban J connectivity index is 1.77. The third-order valence-electron chi connectivity index (χ3n) is 4.32. The second-order valence-electron chi connectivity index (χ2n) is 6.21. The molecule has 1 aromatic carbocycles. The highest BCUT2D eigenvalue weighted by Gasteiger charge is 2.23. The van der Waals surface area contributed by atoms with Crippen molar-refractivity contribution in [2.24, 2.45) is 7.05 Å². The fourth-order valence-electron chi connectivity index (χ4n) is 2.98. The summed E-state index contributed by atoms with van der Waals surface area (Å²) < 4.78 is 44.8. The normalized spacial score (nSPS) is 11.8. The van der Waals surface area contributed by atoms with Crippen molar-refractivity contribution >= 4 is 10.0 Å². The van der Waals surface area contributed by atoms with E-state index in [4.69, 9.17) is 0 Å². The van der Waals surface area contributed by atoms with Gasteiger partial charge in [-0.25, -0.2) is 17.5 Å². The van der Waals surface area contributed by atoms with E-state index in [0.29, 0.717) is 17.9 Å². The molecule has 0 saturated carbocycles. The van der Waals surface area contributed by atoms with Crippen LogP contribution in [0.4, 0.5) is 4.39 Å². The lowest BCUT2D eigenvalue weighted by Gasteiger charge is -2.11. The molecule has 1 N–H and O–H groups in total. The SMILES string of the molecule is Cc1nn(C)c(C)c1S(=O)(=O)NCc1cccn1Cc1cccc(F)c1. The molecule has 0 unspecified atom stereocenters. The summed E-state index contributed by atoms with van der Waals surface area (Å²) in [7, 11) is -1.97. The van der Waals surface area contributed by atoms with Crippen LogP contribution in [0, 0.1) is 19.7 Å². The predicted octanol–water partition coefficient (Wildman–Crippen LogP) is 2.50. The van der Waals surface area contributed by atoms with Gasteiger partial charge in [-0.05, 0) is 43.7 Å². The first kappa shape index (κ1) is 18.3. The van der Waals surface area contributed by atoms with Crippen LogP contribution in [0.1, 0.15) is 22.6 Å². The summed E-state index contributed by atoms with van der Waals surface area (Å²) >= 11 is 0. The Hall–Kier alpha value is -2.45. The number of benzene rings is 1. The molecule has 0 aliphatic rings. The van der Waals surface area contributed by atoms with Crippen molar-refractivity contribution in [1.82, 2.24) is 19.1 Å². The van der Waals surface area contributed by atoms with E-state index in [-0.39, 0.29) is 17.3 Å². The first-order chi connectivity index (χ1) is 12.3. The van der Waals surface area contributed by atoms with Crippen LogP contribution in [0.25, 0.3) is 0 Å². The molecule has 138 valence electrons. The number of aryl methyl sites for hydroxylation is 2. The van der Waals surface area contributed by atoms with Gasteiger partial charge in [-0.3, -0.25) is 4.68 Å². The Morgan fingerprint density at radius 2 is 1.96 bits per heavy atom. The summed E-state index contributed by atoms with van der Waals surface area (Å²) in [6.07, 6.45) is 1.84. The van der Waals surface area contributed by atoms with Crippen molar-refractivity contribution < 1.29 is 12.8 Å². The van der Waals surface area contributed by atoms with Crippen LogP contribution in [-0.2, 0) is 30.2 Å². The maximum Gasteiger partial charge on any atom is 0.244 e. The molecule has 0 bridgehead atoms. The molecule has 0 spiro atoms. The molecule has 0 aliphatic heterocycles. The van der Waals surface area contributed by atoms with E-state index < -0.39 is 10.0 Å². The van der Waals surface area contributed by atoms with Gasteiger partial charge in [0.1, 0.15) is 10.7 Å². The van der Waals surface area contributed by atoms with Gasteiger partial charge >= 0.3 is 0 Å². The monoisotopic (exact) mass is 376 g/mol. The molecule has 0 atom stereocenters. The summed E-state index contributed by atoms with van der Waals surface area (Å²) in [4.78, 5) is 0.211. The van der Waals surface area contributed by atoms with Crippen LogP contribution >= 0.6 is 0 Å². The third-order valence-corrected chi connectivity index (χ3v) is 5.97. The van der Waals surface area contributed by atoms with Crippen molar-refractivity contribution in [2.45, 2.75) is 31.8 Å². The Kier molecular flexibility index (Phi) is 4.97. The van der Waals surface area contributed by atoms with Gasteiger partial charge in [0, 0.05) is 25.5 Å². The summed E-state index contributed by atoms with van der Waals surface area (Å²) in [5.74, 6) is -0.292. The average molecular weight is 376 g/mol. The fourth-order valence-corrected chi connectivity index (χ4v) is 4.41. The molecule has 2 aromatic heterocycles. The quantitative estimate of drug-likeness (QED) is 0.719. The lowest BCUT2D eigenvalue weighted by Crippen LogP contribution is -2.25. The van der Waals surface area contributed by atoms with E-state index in [9.17, 15) is 12.8 Å². The standard InChI is InChI=1S/C18H21FN4O2S/c1-13-18(14(2)22(3)21-13)26(24,25)20-11-17-8-5-9-23(17)12-15-6-4-7-16(19)10-15/h4-10,20H,11-12H2,1-3H3. The lowest BCUT2D eigenvalue weighted by atomic mass is 10.2. The minimum Gasteiger partial charge on any atom is -0.346 e. The molecule has 3 aromatic rings. The number of hydrogen-bond donors (Lipinski definition) is 1. The minimum absolute atomic E-state index is 0.137. The number of sulfonamides is 1. The topological polar surface area (TPSA) is 68.9 Å². The van der Waals surface area contributed by atoms with Gasteiger partial charge in [-0.15, -0.1) is 0 Å². The van der Waals surface area contributed by atoms with Gasteiger partial charge in [0.2, 0.25) is 10.0 Å². The molecule has 0 amide bonds. The molecule has 0 fully saturated rings. The highest BCUT2D eigenvalue weighted by Crippen LogP contribution is 2.19. The summed E-state index contributed by atoms with van der Waals surface area (Å²) in [5.41, 5.74) is 2.65. The van der Waals surface area contributed by atoms with Gasteiger partial charge in [-0.2, -0.15) is 5.10 Å². The summed E-state index contributed by atoms with van der Waals surface area (Å²) in [6.45, 7) is 4.00. The maximum atomic E-state index is 13.4. The number of nitrogens with one attached hydrogen (secondary N) is 1. The highest BCUT2D eigenvalue weighted by molar-refractivity contribution is 7.89. The van der Waals surface area contributed by atoms with Crippen molar-refractivity contribution in [3.05, 3.63) is 71.1 Å². The number of rotatable bonds is 6. The van der Waals surface area contributed by atoms with Crippen LogP contribution in [-0.4, -0.2) is 22.8 Å². The molecule has 0 radical (unpaired) electrons. The molecule has 6 nitrogen and oxygen atoms in total. The van der Waals surface area contributed by atoms with Crippen LogP contribution in [0.2, 0.25) is 0 Å². The van der Waals surface area contributed by atoms with E-state index in [1.54, 1.807) is 31.6 Å². The molecule has 8 heteroatoms. The fraction of sp³-hybridized carbons (Fsp3) is 0.278. The molecule has 0 aliphatic carbocycles. The second-order valence-corrected chi connectivity index (χ2v) is 7.91. The Morgan fingerprint density at radius 1 is 1.19 bits per heavy atom. The zero-order valence-corrected chi connectivity index (χ0v) is 15.7. The summed E-state index contributed by atoms with van der Waals surface area (Å²) in [6, 6.07) is 10.0. The highest BCUT2D eigenvalue weighted by atomic mass is 32.2. The molecule has 26 heavy (non-hydrogen) atoms. The van der Waals surface area contributed by atoms with Crippen molar-refractivity contribution in [3.8, 4) is 0 Å². The smallest absolute Gasteiger partial charge is 0.244 e. The molecular weight excluding hydrogens is 355 g/mol. The van der Waals surface area contributed by atoms with E-state index in [2.05, 4.69) is 9.82 Å². The van der Waals surface area contributed by atoms with Gasteiger partial charge in [0.25, 0.3) is 0 Å². The van der Waals surface area contributed by atoms with E-state index >= 15 is 0 Å². The van der Waals surface area contributed by atoms with Crippen LogP contribution < -0.4 is 4.72 Å². The van der Waals surface area contributed by atoms with Crippen molar-refractivity contribution in [3.63, 3.8) is 0 Å². The zero-order valence-electron chi connectivity index (χ0n) is 14.9. The van der Waals surface area contributed by atoms with Gasteiger partial charge < -0.3 is 4.57 Å². The molecule has 0 saturated heterocycles. The largest absolute Gasteiger partial charge is 0.346 e. The van der Waals surface area contributed by atoms with Crippen molar-refractivity contribution in [2.75, 3.05) is 0 Å². The van der Waals surface area contributed by atoms with E-state index in [0.717, 1.165) is 11.3 Å². The van der Waals surface area contributed by atoms with Crippen LogP contribution in [0.15, 0.2) is 47.5 Å². The first-order valence-electron chi connectivity index (χ1n) is 8.16. The van der Waals surface area contributed by atoms with Gasteiger partial charge in [0.15, 0.2) is 0 Å². The average Bonchev–Trinajstić information content (AvgIpc) is 3.10. The van der Waals surface area contributed by atoms with E-state index in [1.165, 1.54) is 12.1 Å². The lowest BCUT2D eigenvalue weighted by molar-refractivity contribution is 0.576. The van der Waals surface area contributed by atoms with Gasteiger partial charge in [-0.1, -0.05) is 12.1 Å². The number of halogens is 1. The first-order valence-corrected chi connectivity index (χ1v) is 9.64. The van der Waals surface area contributed by atoms with Gasteiger partial charge in [0.05, 0.1) is 17.9 Å². The number of hydrogen-bond acceptors (Lipinski definition) is 3. The molecular formula is C18H21FN4O2S. The Labute approximate surface area is 152 Å². The zero-order chi connectivity index (χ0) is 18.9. The number of aromatic nitrogens is 3. The van der Waals surface area contributed by atoms with Crippen LogP contribution in [0.5, 0.6) is 0 Å². The number of nitrogens with zero attached hydrogens (tertiary/aromatic N) is 3. The summed E-state index contributed by atoms with van der Waals surface area (Å²) in [5, 5.41) is 4.16. The minimum atomic E-state index is -3.68. The maximum absolute atomic E-state index is 13.4.